The minimum absolute atomic E-state index is 0.121. The van der Waals surface area contributed by atoms with E-state index in [-0.39, 0.29) is 11.5 Å². The van der Waals surface area contributed by atoms with E-state index in [4.69, 9.17) is 4.98 Å². The highest BCUT2D eigenvalue weighted by Crippen LogP contribution is 2.24. The minimum Gasteiger partial charge on any atom is -0.348 e. The average molecular weight is 453 g/mol. The molecule has 0 spiro atoms. The largest absolute Gasteiger partial charge is 0.348 e. The van der Waals surface area contributed by atoms with Gasteiger partial charge in [-0.15, -0.1) is 0 Å². The van der Waals surface area contributed by atoms with Crippen LogP contribution < -0.4 is 15.8 Å². The summed E-state index contributed by atoms with van der Waals surface area (Å²) in [5.41, 5.74) is 5.02. The van der Waals surface area contributed by atoms with Crippen LogP contribution in [0.4, 0.5) is 5.95 Å². The lowest BCUT2D eigenvalue weighted by Crippen LogP contribution is -2.30. The molecule has 172 valence electrons. The molecule has 2 heterocycles. The number of nitrogens with one attached hydrogen (secondary N) is 1. The quantitative estimate of drug-likeness (QED) is 0.483. The van der Waals surface area contributed by atoms with Crippen LogP contribution in [0, 0.1) is 13.8 Å². The molecule has 5 rings (SSSR count). The maximum Gasteiger partial charge on any atom is 0.267 e. The molecule has 1 fully saturated rings. The summed E-state index contributed by atoms with van der Waals surface area (Å²) < 4.78 is 1.71. The standard InChI is InChI=1S/C28H28N4O2/c1-19-8-10-21(11-9-19)18-29-26(33)22-12-13-24-25(17-22)30-28(31-14-3-4-15-31)32(27(24)34)23-7-5-6-20(2)16-23/h5-13,16-17H,3-4,14-15,18H2,1-2H3,(H,29,33). The number of hydrogen-bond donors (Lipinski definition) is 1. The maximum atomic E-state index is 13.6. The molecule has 0 unspecified atom stereocenters. The molecular weight excluding hydrogens is 424 g/mol. The molecule has 1 aromatic heterocycles. The van der Waals surface area contributed by atoms with Crippen molar-refractivity contribution in [3.05, 3.63) is 99.3 Å². The summed E-state index contributed by atoms with van der Waals surface area (Å²) in [6.07, 6.45) is 2.15. The number of hydrogen-bond acceptors (Lipinski definition) is 4. The summed E-state index contributed by atoms with van der Waals surface area (Å²) in [5, 5.41) is 3.47. The Labute approximate surface area is 198 Å². The van der Waals surface area contributed by atoms with Gasteiger partial charge in [0.1, 0.15) is 0 Å². The predicted octanol–water partition coefficient (Wildman–Crippen LogP) is 4.53. The van der Waals surface area contributed by atoms with Gasteiger partial charge in [0.15, 0.2) is 0 Å². The van der Waals surface area contributed by atoms with Crippen LogP contribution in [0.5, 0.6) is 0 Å². The fraction of sp³-hybridized carbons (Fsp3) is 0.250. The van der Waals surface area contributed by atoms with Gasteiger partial charge in [-0.05, 0) is 68.1 Å². The Bertz CT molecular complexity index is 1420. The van der Waals surface area contributed by atoms with E-state index >= 15 is 0 Å². The first kappa shape index (κ1) is 21.9. The van der Waals surface area contributed by atoms with Crippen LogP contribution in [0.3, 0.4) is 0 Å². The lowest BCUT2D eigenvalue weighted by molar-refractivity contribution is 0.0951. The summed E-state index contributed by atoms with van der Waals surface area (Å²) in [4.78, 5) is 33.5. The molecule has 0 bridgehead atoms. The summed E-state index contributed by atoms with van der Waals surface area (Å²) in [6.45, 7) is 6.22. The van der Waals surface area contributed by atoms with Gasteiger partial charge < -0.3 is 10.2 Å². The number of aryl methyl sites for hydroxylation is 2. The normalized spacial score (nSPS) is 13.4. The molecule has 6 heteroatoms. The van der Waals surface area contributed by atoms with Gasteiger partial charge in [0, 0.05) is 25.2 Å². The molecule has 3 aromatic carbocycles. The van der Waals surface area contributed by atoms with Gasteiger partial charge in [0.25, 0.3) is 11.5 Å². The fourth-order valence-electron chi connectivity index (χ4n) is 4.43. The van der Waals surface area contributed by atoms with Gasteiger partial charge in [-0.2, -0.15) is 0 Å². The molecule has 0 atom stereocenters. The molecule has 1 saturated heterocycles. The third kappa shape index (κ3) is 4.31. The van der Waals surface area contributed by atoms with Crippen LogP contribution in [-0.4, -0.2) is 28.5 Å². The summed E-state index contributed by atoms with van der Waals surface area (Å²) in [5.74, 6) is 0.452. The number of nitrogens with zero attached hydrogens (tertiary/aromatic N) is 3. The van der Waals surface area contributed by atoms with Crippen LogP contribution in [0.2, 0.25) is 0 Å². The van der Waals surface area contributed by atoms with Gasteiger partial charge in [0.2, 0.25) is 5.95 Å². The first-order chi connectivity index (χ1) is 16.5. The van der Waals surface area contributed by atoms with Crippen LogP contribution in [0.25, 0.3) is 16.6 Å². The SMILES string of the molecule is Cc1ccc(CNC(=O)c2ccc3c(=O)n(-c4cccc(C)c4)c(N4CCCC4)nc3c2)cc1. The Morgan fingerprint density at radius 1 is 0.941 bits per heavy atom. The van der Waals surface area contributed by atoms with Crippen molar-refractivity contribution < 1.29 is 4.79 Å². The van der Waals surface area contributed by atoms with Crippen molar-refractivity contribution in [3.8, 4) is 5.69 Å². The third-order valence-electron chi connectivity index (χ3n) is 6.34. The van der Waals surface area contributed by atoms with Crippen LogP contribution in [0.15, 0.2) is 71.5 Å². The van der Waals surface area contributed by atoms with Crippen LogP contribution in [0.1, 0.15) is 39.9 Å². The minimum atomic E-state index is -0.185. The summed E-state index contributed by atoms with van der Waals surface area (Å²) in [6, 6.07) is 21.1. The van der Waals surface area contributed by atoms with E-state index in [0.29, 0.717) is 29.0 Å². The zero-order valence-electron chi connectivity index (χ0n) is 19.5. The molecule has 1 amide bonds. The van der Waals surface area contributed by atoms with E-state index in [1.165, 1.54) is 5.56 Å². The van der Waals surface area contributed by atoms with Gasteiger partial charge in [-0.1, -0.05) is 42.0 Å². The molecule has 0 saturated carbocycles. The fourth-order valence-corrected chi connectivity index (χ4v) is 4.43. The zero-order chi connectivity index (χ0) is 23.7. The molecule has 0 radical (unpaired) electrons. The zero-order valence-corrected chi connectivity index (χ0v) is 19.5. The molecule has 1 aliphatic rings. The van der Waals surface area contributed by atoms with Gasteiger partial charge in [0.05, 0.1) is 16.6 Å². The Morgan fingerprint density at radius 3 is 2.44 bits per heavy atom. The number of benzene rings is 3. The number of rotatable bonds is 5. The first-order valence-electron chi connectivity index (χ1n) is 11.7. The van der Waals surface area contributed by atoms with E-state index in [0.717, 1.165) is 42.7 Å². The van der Waals surface area contributed by atoms with Crippen molar-refractivity contribution in [2.24, 2.45) is 0 Å². The van der Waals surface area contributed by atoms with Crippen molar-refractivity contribution >= 4 is 22.8 Å². The second kappa shape index (κ2) is 9.14. The number of carbonyl (C=O) groups is 1. The van der Waals surface area contributed by atoms with Gasteiger partial charge in [-0.3, -0.25) is 9.59 Å². The highest BCUT2D eigenvalue weighted by molar-refractivity contribution is 5.97. The van der Waals surface area contributed by atoms with E-state index in [2.05, 4.69) is 10.2 Å². The number of aromatic nitrogens is 2. The van der Waals surface area contributed by atoms with E-state index in [1.54, 1.807) is 22.8 Å². The van der Waals surface area contributed by atoms with Crippen molar-refractivity contribution in [1.82, 2.24) is 14.9 Å². The number of amides is 1. The number of anilines is 1. The van der Waals surface area contributed by atoms with Crippen molar-refractivity contribution in [2.45, 2.75) is 33.2 Å². The molecular formula is C28H28N4O2. The van der Waals surface area contributed by atoms with E-state index in [1.807, 2.05) is 62.4 Å². The van der Waals surface area contributed by atoms with Crippen LogP contribution >= 0.6 is 0 Å². The topological polar surface area (TPSA) is 67.2 Å². The molecule has 6 nitrogen and oxygen atoms in total. The first-order valence-corrected chi connectivity index (χ1v) is 11.7. The Hall–Kier alpha value is -3.93. The summed E-state index contributed by atoms with van der Waals surface area (Å²) >= 11 is 0. The van der Waals surface area contributed by atoms with Gasteiger partial charge in [-0.25, -0.2) is 9.55 Å². The second-order valence-corrected chi connectivity index (χ2v) is 8.99. The molecule has 0 aliphatic carbocycles. The van der Waals surface area contributed by atoms with Crippen molar-refractivity contribution in [3.63, 3.8) is 0 Å². The predicted molar refractivity (Wildman–Crippen MR) is 136 cm³/mol. The Morgan fingerprint density at radius 2 is 1.71 bits per heavy atom. The number of carbonyl (C=O) groups excluding carboxylic acids is 1. The number of fused-ring (bicyclic) bond motifs is 1. The molecule has 1 aliphatic heterocycles. The Balaban J connectivity index is 1.53. The molecule has 34 heavy (non-hydrogen) atoms. The molecule has 1 N–H and O–H groups in total. The van der Waals surface area contributed by atoms with Crippen molar-refractivity contribution in [1.29, 1.82) is 0 Å². The third-order valence-corrected chi connectivity index (χ3v) is 6.34. The lowest BCUT2D eigenvalue weighted by Gasteiger charge is -2.22. The smallest absolute Gasteiger partial charge is 0.267 e. The highest BCUT2D eigenvalue weighted by Gasteiger charge is 2.21. The maximum absolute atomic E-state index is 13.6. The van der Waals surface area contributed by atoms with E-state index < -0.39 is 0 Å². The monoisotopic (exact) mass is 452 g/mol. The highest BCUT2D eigenvalue weighted by atomic mass is 16.1. The van der Waals surface area contributed by atoms with Crippen LogP contribution in [-0.2, 0) is 6.54 Å². The lowest BCUT2D eigenvalue weighted by atomic mass is 10.1. The summed E-state index contributed by atoms with van der Waals surface area (Å²) in [7, 11) is 0. The molecule has 4 aromatic rings. The Kier molecular flexibility index (Phi) is 5.88. The second-order valence-electron chi connectivity index (χ2n) is 8.99. The van der Waals surface area contributed by atoms with Crippen molar-refractivity contribution in [2.75, 3.05) is 18.0 Å². The van der Waals surface area contributed by atoms with E-state index in [9.17, 15) is 9.59 Å². The van der Waals surface area contributed by atoms with Gasteiger partial charge >= 0.3 is 0 Å². The average Bonchev–Trinajstić information content (AvgIpc) is 3.38.